The molecule has 2 aromatic carbocycles. The van der Waals surface area contributed by atoms with E-state index in [1.807, 2.05) is 31.2 Å². The number of rotatable bonds is 7. The van der Waals surface area contributed by atoms with Crippen molar-refractivity contribution in [3.63, 3.8) is 0 Å². The summed E-state index contributed by atoms with van der Waals surface area (Å²) < 4.78 is 25.5. The minimum atomic E-state index is -3.37. The molecular weight excluding hydrogens is 404 g/mol. The van der Waals surface area contributed by atoms with E-state index in [2.05, 4.69) is 21.2 Å². The summed E-state index contributed by atoms with van der Waals surface area (Å²) in [7, 11) is -1.64. The van der Waals surface area contributed by atoms with Gasteiger partial charge in [-0.3, -0.25) is 9.69 Å². The summed E-state index contributed by atoms with van der Waals surface area (Å²) in [6.45, 7) is 2.38. The third-order valence-corrected chi connectivity index (χ3v) is 5.90. The first kappa shape index (κ1) is 19.6. The zero-order valence-corrected chi connectivity index (χ0v) is 16.6. The van der Waals surface area contributed by atoms with Gasteiger partial charge in [0.2, 0.25) is 5.91 Å². The van der Waals surface area contributed by atoms with Crippen LogP contribution in [0.15, 0.2) is 57.9 Å². The number of aryl methyl sites for hydroxylation is 1. The standard InChI is InChI=1S/C18H21BrN2O3S/c1-14-3-7-16(8-4-14)20-18(22)13-21(2)11-12-25(23,24)17-9-5-15(19)6-10-17/h3-10H,11-13H2,1-2H3,(H,20,22). The SMILES string of the molecule is Cc1ccc(NC(=O)CN(C)CCS(=O)(=O)c2ccc(Br)cc2)cc1. The first-order valence-corrected chi connectivity index (χ1v) is 10.2. The molecule has 0 aliphatic rings. The molecule has 0 spiro atoms. The topological polar surface area (TPSA) is 66.5 Å². The van der Waals surface area contributed by atoms with Crippen molar-refractivity contribution in [1.82, 2.24) is 4.90 Å². The molecule has 0 unspecified atom stereocenters. The van der Waals surface area contributed by atoms with Crippen LogP contribution in [0, 0.1) is 6.92 Å². The Labute approximate surface area is 157 Å². The predicted octanol–water partition coefficient (Wildman–Crippen LogP) is 3.10. The average Bonchev–Trinajstić information content (AvgIpc) is 2.55. The molecule has 0 fully saturated rings. The Hall–Kier alpha value is -1.70. The fourth-order valence-corrected chi connectivity index (χ4v) is 3.80. The van der Waals surface area contributed by atoms with E-state index in [0.717, 1.165) is 15.7 Å². The van der Waals surface area contributed by atoms with Crippen LogP contribution in [0.4, 0.5) is 5.69 Å². The van der Waals surface area contributed by atoms with Crippen LogP contribution in [-0.2, 0) is 14.6 Å². The highest BCUT2D eigenvalue weighted by Gasteiger charge is 2.16. The molecule has 0 aliphatic carbocycles. The number of hydrogen-bond donors (Lipinski definition) is 1. The lowest BCUT2D eigenvalue weighted by Crippen LogP contribution is -2.33. The Bertz CT molecular complexity index is 818. The van der Waals surface area contributed by atoms with Crippen LogP contribution in [0.2, 0.25) is 0 Å². The van der Waals surface area contributed by atoms with Crippen molar-refractivity contribution in [1.29, 1.82) is 0 Å². The Balaban J connectivity index is 1.85. The van der Waals surface area contributed by atoms with Crippen molar-refractivity contribution in [3.8, 4) is 0 Å². The highest BCUT2D eigenvalue weighted by atomic mass is 79.9. The Kier molecular flexibility index (Phi) is 6.75. The molecule has 0 aromatic heterocycles. The summed E-state index contributed by atoms with van der Waals surface area (Å²) in [6, 6.07) is 14.1. The maximum atomic E-state index is 12.3. The van der Waals surface area contributed by atoms with Gasteiger partial charge in [0.05, 0.1) is 17.2 Å². The van der Waals surface area contributed by atoms with Crippen molar-refractivity contribution >= 4 is 37.4 Å². The third-order valence-electron chi connectivity index (χ3n) is 3.66. The van der Waals surface area contributed by atoms with Gasteiger partial charge in [-0.25, -0.2) is 8.42 Å². The van der Waals surface area contributed by atoms with E-state index in [4.69, 9.17) is 0 Å². The Morgan fingerprint density at radius 2 is 1.68 bits per heavy atom. The van der Waals surface area contributed by atoms with Crippen molar-refractivity contribution < 1.29 is 13.2 Å². The largest absolute Gasteiger partial charge is 0.325 e. The number of nitrogens with zero attached hydrogens (tertiary/aromatic N) is 1. The second-order valence-electron chi connectivity index (χ2n) is 5.92. The van der Waals surface area contributed by atoms with E-state index in [1.54, 1.807) is 36.2 Å². The quantitative estimate of drug-likeness (QED) is 0.741. The van der Waals surface area contributed by atoms with E-state index < -0.39 is 9.84 Å². The number of benzene rings is 2. The maximum absolute atomic E-state index is 12.3. The normalized spacial score (nSPS) is 11.5. The zero-order valence-electron chi connectivity index (χ0n) is 14.2. The number of nitrogens with one attached hydrogen (secondary N) is 1. The Morgan fingerprint density at radius 3 is 2.28 bits per heavy atom. The van der Waals surface area contributed by atoms with Gasteiger partial charge >= 0.3 is 0 Å². The molecule has 0 heterocycles. The molecule has 0 aliphatic heterocycles. The van der Waals surface area contributed by atoms with Crippen LogP contribution < -0.4 is 5.32 Å². The average molecular weight is 425 g/mol. The van der Waals surface area contributed by atoms with Gasteiger partial charge in [-0.15, -0.1) is 0 Å². The summed E-state index contributed by atoms with van der Waals surface area (Å²) in [6.07, 6.45) is 0. The molecule has 2 aromatic rings. The minimum absolute atomic E-state index is 0.0387. The molecular formula is C18H21BrN2O3S. The van der Waals surface area contributed by atoms with Gasteiger partial charge < -0.3 is 5.32 Å². The van der Waals surface area contributed by atoms with Gasteiger partial charge in [0.25, 0.3) is 0 Å². The number of amides is 1. The molecule has 25 heavy (non-hydrogen) atoms. The van der Waals surface area contributed by atoms with Crippen LogP contribution in [-0.4, -0.2) is 45.1 Å². The molecule has 1 N–H and O–H groups in total. The minimum Gasteiger partial charge on any atom is -0.325 e. The van der Waals surface area contributed by atoms with E-state index in [1.165, 1.54) is 0 Å². The lowest BCUT2D eigenvalue weighted by molar-refractivity contribution is -0.117. The predicted molar refractivity (Wildman–Crippen MR) is 104 cm³/mol. The molecule has 7 heteroatoms. The lowest BCUT2D eigenvalue weighted by atomic mass is 10.2. The summed E-state index contributed by atoms with van der Waals surface area (Å²) in [5, 5.41) is 2.80. The van der Waals surface area contributed by atoms with Crippen LogP contribution in [0.5, 0.6) is 0 Å². The Morgan fingerprint density at radius 1 is 1.08 bits per heavy atom. The first-order valence-electron chi connectivity index (χ1n) is 7.80. The summed E-state index contributed by atoms with van der Waals surface area (Å²) >= 11 is 3.29. The van der Waals surface area contributed by atoms with Crippen molar-refractivity contribution in [3.05, 3.63) is 58.6 Å². The van der Waals surface area contributed by atoms with Gasteiger partial charge in [0.1, 0.15) is 0 Å². The van der Waals surface area contributed by atoms with E-state index in [-0.39, 0.29) is 29.6 Å². The fraction of sp³-hybridized carbons (Fsp3) is 0.278. The van der Waals surface area contributed by atoms with Gasteiger partial charge in [-0.2, -0.15) is 0 Å². The van der Waals surface area contributed by atoms with Crippen LogP contribution in [0.1, 0.15) is 5.56 Å². The number of anilines is 1. The van der Waals surface area contributed by atoms with Crippen molar-refractivity contribution in [2.45, 2.75) is 11.8 Å². The number of hydrogen-bond acceptors (Lipinski definition) is 4. The van der Waals surface area contributed by atoms with E-state index in [9.17, 15) is 13.2 Å². The molecule has 5 nitrogen and oxygen atoms in total. The maximum Gasteiger partial charge on any atom is 0.238 e. The highest BCUT2D eigenvalue weighted by Crippen LogP contribution is 2.16. The molecule has 0 atom stereocenters. The number of halogens is 1. The van der Waals surface area contributed by atoms with E-state index in [0.29, 0.717) is 0 Å². The molecule has 134 valence electrons. The second kappa shape index (κ2) is 8.60. The fourth-order valence-electron chi connectivity index (χ4n) is 2.20. The molecule has 0 radical (unpaired) electrons. The number of sulfone groups is 1. The summed E-state index contributed by atoms with van der Waals surface area (Å²) in [5.41, 5.74) is 1.85. The number of carbonyl (C=O) groups excluding carboxylic acids is 1. The van der Waals surface area contributed by atoms with Gasteiger partial charge in [-0.05, 0) is 50.4 Å². The second-order valence-corrected chi connectivity index (χ2v) is 8.95. The molecule has 0 saturated heterocycles. The zero-order chi connectivity index (χ0) is 18.4. The highest BCUT2D eigenvalue weighted by molar-refractivity contribution is 9.10. The van der Waals surface area contributed by atoms with Gasteiger partial charge in [-0.1, -0.05) is 33.6 Å². The number of likely N-dealkylation sites (N-methyl/N-ethyl adjacent to an activating group) is 1. The molecule has 1 amide bonds. The van der Waals surface area contributed by atoms with E-state index >= 15 is 0 Å². The lowest BCUT2D eigenvalue weighted by Gasteiger charge is -2.16. The first-order chi connectivity index (χ1) is 11.8. The van der Waals surface area contributed by atoms with Crippen molar-refractivity contribution in [2.75, 3.05) is 31.2 Å². The molecule has 2 rings (SSSR count). The van der Waals surface area contributed by atoms with Crippen LogP contribution >= 0.6 is 15.9 Å². The van der Waals surface area contributed by atoms with Crippen molar-refractivity contribution in [2.24, 2.45) is 0 Å². The van der Waals surface area contributed by atoms with Crippen LogP contribution in [0.25, 0.3) is 0 Å². The monoisotopic (exact) mass is 424 g/mol. The smallest absolute Gasteiger partial charge is 0.238 e. The molecule has 0 saturated carbocycles. The van der Waals surface area contributed by atoms with Crippen LogP contribution in [0.3, 0.4) is 0 Å². The van der Waals surface area contributed by atoms with Gasteiger partial charge in [0.15, 0.2) is 9.84 Å². The number of carbonyl (C=O) groups is 1. The summed E-state index contributed by atoms with van der Waals surface area (Å²) in [5.74, 6) is -0.212. The summed E-state index contributed by atoms with van der Waals surface area (Å²) in [4.78, 5) is 14.0. The third kappa shape index (κ3) is 6.26. The van der Waals surface area contributed by atoms with Gasteiger partial charge in [0, 0.05) is 16.7 Å². The molecule has 0 bridgehead atoms.